The summed E-state index contributed by atoms with van der Waals surface area (Å²) in [5, 5.41) is 17.9. The van der Waals surface area contributed by atoms with E-state index in [2.05, 4.69) is 4.90 Å². The number of carbonyl (C=O) groups is 1. The summed E-state index contributed by atoms with van der Waals surface area (Å²) in [5.41, 5.74) is 0. The Bertz CT molecular complexity index is 230. The number of hydrogen-bond acceptors (Lipinski definition) is 4. The van der Waals surface area contributed by atoms with Gasteiger partial charge in [-0.15, -0.1) is 0 Å². The van der Waals surface area contributed by atoms with Crippen LogP contribution < -0.4 is 0 Å². The lowest BCUT2D eigenvalue weighted by Gasteiger charge is -2.25. The molecule has 1 heterocycles. The summed E-state index contributed by atoms with van der Waals surface area (Å²) in [6.07, 6.45) is 2.54. The zero-order valence-electron chi connectivity index (χ0n) is 10.6. The molecule has 5 nitrogen and oxygen atoms in total. The Kier molecular flexibility index (Phi) is 6.47. The SMILES string of the molecule is CC(CN(CCO)CCN1CCCC1)C(=O)O. The van der Waals surface area contributed by atoms with Crippen molar-refractivity contribution in [2.45, 2.75) is 19.8 Å². The van der Waals surface area contributed by atoms with Crippen LogP contribution in [0.1, 0.15) is 19.8 Å². The van der Waals surface area contributed by atoms with E-state index in [1.165, 1.54) is 12.8 Å². The Balaban J connectivity index is 2.28. The molecule has 1 rings (SSSR count). The van der Waals surface area contributed by atoms with Crippen molar-refractivity contribution in [3.8, 4) is 0 Å². The van der Waals surface area contributed by atoms with E-state index >= 15 is 0 Å². The average Bonchev–Trinajstić information content (AvgIpc) is 2.78. The smallest absolute Gasteiger partial charge is 0.307 e. The van der Waals surface area contributed by atoms with Gasteiger partial charge in [0.2, 0.25) is 0 Å². The van der Waals surface area contributed by atoms with Crippen molar-refractivity contribution >= 4 is 5.97 Å². The Morgan fingerprint density at radius 1 is 1.35 bits per heavy atom. The third-order valence-corrected chi connectivity index (χ3v) is 3.30. The summed E-state index contributed by atoms with van der Waals surface area (Å²) in [5.74, 6) is -1.14. The molecule has 0 bridgehead atoms. The van der Waals surface area contributed by atoms with E-state index in [1.54, 1.807) is 6.92 Å². The van der Waals surface area contributed by atoms with E-state index in [1.807, 2.05) is 4.90 Å². The van der Waals surface area contributed by atoms with Crippen molar-refractivity contribution in [1.82, 2.24) is 9.80 Å². The van der Waals surface area contributed by atoms with Crippen LogP contribution in [0.2, 0.25) is 0 Å². The quantitative estimate of drug-likeness (QED) is 0.634. The number of rotatable bonds is 8. The first kappa shape index (κ1) is 14.4. The summed E-state index contributed by atoms with van der Waals surface area (Å²) < 4.78 is 0. The van der Waals surface area contributed by atoms with Crippen molar-refractivity contribution in [1.29, 1.82) is 0 Å². The van der Waals surface area contributed by atoms with Crippen LogP contribution in [0.25, 0.3) is 0 Å². The molecule has 2 N–H and O–H groups in total. The van der Waals surface area contributed by atoms with Crippen LogP contribution in [-0.4, -0.2) is 71.9 Å². The number of nitrogens with zero attached hydrogens (tertiary/aromatic N) is 2. The molecule has 0 aromatic carbocycles. The molecule has 1 saturated heterocycles. The summed E-state index contributed by atoms with van der Waals surface area (Å²) in [6, 6.07) is 0. The number of hydrogen-bond donors (Lipinski definition) is 2. The number of aliphatic hydroxyl groups excluding tert-OH is 1. The lowest BCUT2D eigenvalue weighted by atomic mass is 10.1. The summed E-state index contributed by atoms with van der Waals surface area (Å²) in [6.45, 7) is 7.01. The molecule has 0 spiro atoms. The standard InChI is InChI=1S/C12H24N2O3/c1-11(12(16)17)10-14(8-9-15)7-6-13-4-2-3-5-13/h11,15H,2-10H2,1H3,(H,16,17). The molecule has 1 aliphatic heterocycles. The number of carboxylic acid groups (broad SMARTS) is 1. The molecule has 0 radical (unpaired) electrons. The monoisotopic (exact) mass is 244 g/mol. The molecule has 0 aromatic rings. The number of aliphatic carboxylic acids is 1. The van der Waals surface area contributed by atoms with E-state index in [4.69, 9.17) is 10.2 Å². The minimum Gasteiger partial charge on any atom is -0.481 e. The van der Waals surface area contributed by atoms with Gasteiger partial charge >= 0.3 is 5.97 Å². The second kappa shape index (κ2) is 7.63. The molecule has 100 valence electrons. The first-order valence-corrected chi connectivity index (χ1v) is 6.42. The zero-order valence-corrected chi connectivity index (χ0v) is 10.6. The van der Waals surface area contributed by atoms with E-state index in [9.17, 15) is 4.79 Å². The number of likely N-dealkylation sites (tertiary alicyclic amines) is 1. The molecular weight excluding hydrogens is 220 g/mol. The number of aliphatic hydroxyl groups is 1. The van der Waals surface area contributed by atoms with Gasteiger partial charge in [-0.05, 0) is 25.9 Å². The van der Waals surface area contributed by atoms with Crippen molar-refractivity contribution in [2.24, 2.45) is 5.92 Å². The van der Waals surface area contributed by atoms with Gasteiger partial charge in [0.15, 0.2) is 0 Å². The minimum absolute atomic E-state index is 0.0896. The summed E-state index contributed by atoms with van der Waals surface area (Å²) in [4.78, 5) is 15.2. The molecule has 0 aromatic heterocycles. The highest BCUT2D eigenvalue weighted by molar-refractivity contribution is 5.69. The highest BCUT2D eigenvalue weighted by Gasteiger charge is 2.17. The zero-order chi connectivity index (χ0) is 12.7. The third kappa shape index (κ3) is 5.48. The Labute approximate surface area is 103 Å². The predicted molar refractivity (Wildman–Crippen MR) is 66.0 cm³/mol. The Morgan fingerprint density at radius 3 is 2.53 bits per heavy atom. The average molecular weight is 244 g/mol. The van der Waals surface area contributed by atoms with Gasteiger partial charge in [-0.25, -0.2) is 0 Å². The Morgan fingerprint density at radius 2 is 2.00 bits per heavy atom. The van der Waals surface area contributed by atoms with Crippen LogP contribution >= 0.6 is 0 Å². The molecule has 0 aliphatic carbocycles. The second-order valence-electron chi connectivity index (χ2n) is 4.81. The van der Waals surface area contributed by atoms with E-state index in [0.29, 0.717) is 13.1 Å². The molecule has 1 aliphatic rings. The predicted octanol–water partition coefficient (Wildman–Crippen LogP) is 0.0972. The molecule has 1 fully saturated rings. The van der Waals surface area contributed by atoms with Crippen molar-refractivity contribution in [3.63, 3.8) is 0 Å². The molecule has 0 amide bonds. The normalized spacial score (nSPS) is 18.8. The van der Waals surface area contributed by atoms with Crippen LogP contribution in [-0.2, 0) is 4.79 Å². The van der Waals surface area contributed by atoms with Crippen LogP contribution in [0, 0.1) is 5.92 Å². The van der Waals surface area contributed by atoms with Gasteiger partial charge in [-0.2, -0.15) is 0 Å². The minimum atomic E-state index is -0.769. The third-order valence-electron chi connectivity index (χ3n) is 3.30. The van der Waals surface area contributed by atoms with Crippen molar-refractivity contribution < 1.29 is 15.0 Å². The maximum absolute atomic E-state index is 10.8. The largest absolute Gasteiger partial charge is 0.481 e. The van der Waals surface area contributed by atoms with Gasteiger partial charge in [-0.1, -0.05) is 6.92 Å². The van der Waals surface area contributed by atoms with Crippen LogP contribution in [0.3, 0.4) is 0 Å². The second-order valence-corrected chi connectivity index (χ2v) is 4.81. The van der Waals surface area contributed by atoms with Gasteiger partial charge in [0.25, 0.3) is 0 Å². The molecule has 17 heavy (non-hydrogen) atoms. The van der Waals surface area contributed by atoms with Gasteiger partial charge in [0.1, 0.15) is 0 Å². The maximum atomic E-state index is 10.8. The van der Waals surface area contributed by atoms with Crippen molar-refractivity contribution in [2.75, 3.05) is 45.9 Å². The van der Waals surface area contributed by atoms with Crippen LogP contribution in [0.15, 0.2) is 0 Å². The van der Waals surface area contributed by atoms with E-state index < -0.39 is 5.97 Å². The van der Waals surface area contributed by atoms with Crippen molar-refractivity contribution in [3.05, 3.63) is 0 Å². The molecule has 5 heteroatoms. The fraction of sp³-hybridized carbons (Fsp3) is 0.917. The fourth-order valence-corrected chi connectivity index (χ4v) is 2.19. The molecular formula is C12H24N2O3. The fourth-order valence-electron chi connectivity index (χ4n) is 2.19. The molecule has 1 atom stereocenters. The van der Waals surface area contributed by atoms with Crippen LogP contribution in [0.4, 0.5) is 0 Å². The number of carboxylic acids is 1. The first-order chi connectivity index (χ1) is 8.13. The highest BCUT2D eigenvalue weighted by atomic mass is 16.4. The lowest BCUT2D eigenvalue weighted by Crippen LogP contribution is -2.39. The molecule has 1 unspecified atom stereocenters. The highest BCUT2D eigenvalue weighted by Crippen LogP contribution is 2.07. The van der Waals surface area contributed by atoms with E-state index in [0.717, 1.165) is 26.2 Å². The molecule has 0 saturated carbocycles. The maximum Gasteiger partial charge on any atom is 0.307 e. The Hall–Kier alpha value is -0.650. The van der Waals surface area contributed by atoms with Gasteiger partial charge in [0.05, 0.1) is 12.5 Å². The van der Waals surface area contributed by atoms with Gasteiger partial charge in [-0.3, -0.25) is 9.69 Å². The first-order valence-electron chi connectivity index (χ1n) is 6.42. The summed E-state index contributed by atoms with van der Waals surface area (Å²) >= 11 is 0. The van der Waals surface area contributed by atoms with Gasteiger partial charge in [0, 0.05) is 26.2 Å². The van der Waals surface area contributed by atoms with E-state index in [-0.39, 0.29) is 12.5 Å². The summed E-state index contributed by atoms with van der Waals surface area (Å²) in [7, 11) is 0. The van der Waals surface area contributed by atoms with Crippen LogP contribution in [0.5, 0.6) is 0 Å². The topological polar surface area (TPSA) is 64.0 Å². The lowest BCUT2D eigenvalue weighted by molar-refractivity contribution is -0.141. The van der Waals surface area contributed by atoms with Gasteiger partial charge < -0.3 is 15.1 Å².